The Morgan fingerprint density at radius 2 is 1.96 bits per heavy atom. The number of aliphatic carboxylic acids is 1. The monoisotopic (exact) mass is 361 g/mol. The van der Waals surface area contributed by atoms with Gasteiger partial charge in [0.1, 0.15) is 5.75 Å². The number of carbonyl (C=O) groups is 1. The molecule has 1 aliphatic carbocycles. The molecule has 1 aliphatic rings. The highest BCUT2D eigenvalue weighted by molar-refractivity contribution is 5.69. The van der Waals surface area contributed by atoms with Crippen LogP contribution in [0.15, 0.2) is 24.3 Å². The molecule has 3 N–H and O–H groups in total. The minimum Gasteiger partial charge on any atom is -0.508 e. The van der Waals surface area contributed by atoms with E-state index >= 15 is 0 Å². The number of hydrogen-bond acceptors (Lipinski definition) is 3. The van der Waals surface area contributed by atoms with Crippen LogP contribution in [0.1, 0.15) is 70.3 Å². The van der Waals surface area contributed by atoms with Crippen LogP contribution in [0.2, 0.25) is 0 Å². The van der Waals surface area contributed by atoms with E-state index in [1.165, 1.54) is 37.7 Å². The lowest BCUT2D eigenvalue weighted by atomic mass is 9.93. The summed E-state index contributed by atoms with van der Waals surface area (Å²) in [5.41, 5.74) is 1.26. The second-order valence-corrected chi connectivity index (χ2v) is 7.75. The summed E-state index contributed by atoms with van der Waals surface area (Å²) in [5.74, 6) is 0.305. The predicted molar refractivity (Wildman–Crippen MR) is 105 cm³/mol. The van der Waals surface area contributed by atoms with Gasteiger partial charge in [-0.25, -0.2) is 0 Å². The van der Waals surface area contributed by atoms with E-state index in [4.69, 9.17) is 5.11 Å². The Balaban J connectivity index is 1.60. The van der Waals surface area contributed by atoms with E-state index in [1.807, 2.05) is 19.1 Å². The van der Waals surface area contributed by atoms with E-state index in [2.05, 4.69) is 5.32 Å². The first-order valence-corrected chi connectivity index (χ1v) is 10.3. The molecule has 0 radical (unpaired) electrons. The van der Waals surface area contributed by atoms with Crippen molar-refractivity contribution >= 4 is 5.97 Å². The molecular formula is C22H35NO3. The molecule has 0 amide bonds. The molecule has 4 heteroatoms. The van der Waals surface area contributed by atoms with Crippen molar-refractivity contribution < 1.29 is 15.0 Å². The molecule has 0 saturated heterocycles. The summed E-state index contributed by atoms with van der Waals surface area (Å²) in [6, 6.07) is 8.12. The number of benzene rings is 1. The maximum absolute atomic E-state index is 11.0. The van der Waals surface area contributed by atoms with Crippen LogP contribution < -0.4 is 5.32 Å². The highest BCUT2D eigenvalue weighted by Gasteiger charge is 2.26. The summed E-state index contributed by atoms with van der Waals surface area (Å²) < 4.78 is 0. The highest BCUT2D eigenvalue weighted by Crippen LogP contribution is 2.30. The Kier molecular flexibility index (Phi) is 8.96. The summed E-state index contributed by atoms with van der Waals surface area (Å²) in [5, 5.41) is 22.2. The van der Waals surface area contributed by atoms with Gasteiger partial charge in [0.25, 0.3) is 0 Å². The summed E-state index contributed by atoms with van der Waals surface area (Å²) in [6.07, 6.45) is 11.2. The third-order valence-electron chi connectivity index (χ3n) is 5.89. The maximum Gasteiger partial charge on any atom is 0.306 e. The van der Waals surface area contributed by atoms with Crippen LogP contribution in [0.4, 0.5) is 0 Å². The van der Waals surface area contributed by atoms with Crippen molar-refractivity contribution in [3.8, 4) is 5.75 Å². The van der Waals surface area contributed by atoms with Gasteiger partial charge in [-0.1, -0.05) is 44.7 Å². The number of hydrogen-bond donors (Lipinski definition) is 3. The first-order chi connectivity index (χ1) is 12.6. The van der Waals surface area contributed by atoms with E-state index in [0.717, 1.165) is 44.6 Å². The van der Waals surface area contributed by atoms with Gasteiger partial charge in [0.05, 0.1) is 5.92 Å². The number of carboxylic acid groups (broad SMARTS) is 1. The molecule has 3 unspecified atom stereocenters. The van der Waals surface area contributed by atoms with Gasteiger partial charge in [-0.2, -0.15) is 0 Å². The third-order valence-corrected chi connectivity index (χ3v) is 5.89. The summed E-state index contributed by atoms with van der Waals surface area (Å²) in [7, 11) is 0. The molecule has 0 aliphatic heterocycles. The lowest BCUT2D eigenvalue weighted by Gasteiger charge is -2.21. The molecule has 2 rings (SSSR count). The Morgan fingerprint density at radius 1 is 1.19 bits per heavy atom. The number of phenolic OH excluding ortho intramolecular Hbond substituents is 1. The van der Waals surface area contributed by atoms with Gasteiger partial charge in [0, 0.05) is 6.04 Å². The molecule has 3 atom stereocenters. The minimum absolute atomic E-state index is 0.157. The Morgan fingerprint density at radius 3 is 2.65 bits per heavy atom. The topological polar surface area (TPSA) is 69.6 Å². The predicted octanol–water partition coefficient (Wildman–Crippen LogP) is 4.75. The lowest BCUT2D eigenvalue weighted by molar-refractivity contribution is -0.142. The van der Waals surface area contributed by atoms with Gasteiger partial charge >= 0.3 is 5.97 Å². The van der Waals surface area contributed by atoms with Crippen LogP contribution >= 0.6 is 0 Å². The second kappa shape index (κ2) is 11.2. The fraction of sp³-hybridized carbons (Fsp3) is 0.682. The molecule has 1 fully saturated rings. The van der Waals surface area contributed by atoms with Crippen LogP contribution in [-0.2, 0) is 11.2 Å². The number of unbranched alkanes of at least 4 members (excludes halogenated alkanes) is 2. The van der Waals surface area contributed by atoms with Crippen molar-refractivity contribution in [3.63, 3.8) is 0 Å². The average Bonchev–Trinajstić information content (AvgIpc) is 3.07. The lowest BCUT2D eigenvalue weighted by Crippen LogP contribution is -2.33. The van der Waals surface area contributed by atoms with Crippen molar-refractivity contribution in [3.05, 3.63) is 29.8 Å². The van der Waals surface area contributed by atoms with Gasteiger partial charge in [-0.15, -0.1) is 0 Å². The van der Waals surface area contributed by atoms with Crippen LogP contribution in [-0.4, -0.2) is 28.8 Å². The maximum atomic E-state index is 11.0. The fourth-order valence-electron chi connectivity index (χ4n) is 4.19. The molecule has 0 spiro atoms. The number of nitrogens with one attached hydrogen (secondary N) is 1. The van der Waals surface area contributed by atoms with E-state index in [0.29, 0.717) is 11.8 Å². The van der Waals surface area contributed by atoms with Crippen LogP contribution in [0.3, 0.4) is 0 Å². The van der Waals surface area contributed by atoms with Crippen molar-refractivity contribution in [2.24, 2.45) is 11.8 Å². The SMILES string of the molecule is CCC(CCCCCC1CCCC1NCCc1ccc(O)cc1)C(=O)O. The number of carboxylic acids is 1. The first-order valence-electron chi connectivity index (χ1n) is 10.3. The van der Waals surface area contributed by atoms with Gasteiger partial charge in [0.2, 0.25) is 0 Å². The van der Waals surface area contributed by atoms with Crippen molar-refractivity contribution in [1.29, 1.82) is 0 Å². The van der Waals surface area contributed by atoms with Gasteiger partial charge in [-0.3, -0.25) is 4.79 Å². The molecule has 1 aromatic carbocycles. The first kappa shape index (κ1) is 20.8. The quantitative estimate of drug-likeness (QED) is 0.470. The molecule has 1 aromatic rings. The summed E-state index contributed by atoms with van der Waals surface area (Å²) in [6.45, 7) is 2.95. The fourth-order valence-corrected chi connectivity index (χ4v) is 4.19. The molecule has 0 bridgehead atoms. The largest absolute Gasteiger partial charge is 0.508 e. The van der Waals surface area contributed by atoms with Crippen LogP contribution in [0, 0.1) is 11.8 Å². The van der Waals surface area contributed by atoms with E-state index in [-0.39, 0.29) is 5.92 Å². The van der Waals surface area contributed by atoms with Crippen molar-refractivity contribution in [2.75, 3.05) is 6.54 Å². The smallest absolute Gasteiger partial charge is 0.306 e. The molecule has 26 heavy (non-hydrogen) atoms. The third kappa shape index (κ3) is 6.99. The number of rotatable bonds is 12. The summed E-state index contributed by atoms with van der Waals surface area (Å²) in [4.78, 5) is 11.0. The zero-order valence-corrected chi connectivity index (χ0v) is 16.1. The average molecular weight is 362 g/mol. The Hall–Kier alpha value is -1.55. The Labute approximate surface area is 158 Å². The van der Waals surface area contributed by atoms with Crippen LogP contribution in [0.5, 0.6) is 5.75 Å². The van der Waals surface area contributed by atoms with Gasteiger partial charge in [0.15, 0.2) is 0 Å². The van der Waals surface area contributed by atoms with Gasteiger partial charge < -0.3 is 15.5 Å². The standard InChI is InChI=1S/C22H35NO3/c1-2-18(22(25)26)7-4-3-5-8-19-9-6-10-21(19)23-16-15-17-11-13-20(24)14-12-17/h11-14,18-19,21,23-24H,2-10,15-16H2,1H3,(H,25,26). The minimum atomic E-state index is -0.638. The molecule has 0 heterocycles. The van der Waals surface area contributed by atoms with E-state index < -0.39 is 5.97 Å². The second-order valence-electron chi connectivity index (χ2n) is 7.75. The van der Waals surface area contributed by atoms with Crippen molar-refractivity contribution in [2.45, 2.75) is 77.2 Å². The highest BCUT2D eigenvalue weighted by atomic mass is 16.4. The summed E-state index contributed by atoms with van der Waals surface area (Å²) >= 11 is 0. The van der Waals surface area contributed by atoms with Crippen LogP contribution in [0.25, 0.3) is 0 Å². The number of aromatic hydroxyl groups is 1. The molecule has 4 nitrogen and oxygen atoms in total. The molecule has 146 valence electrons. The van der Waals surface area contributed by atoms with Crippen molar-refractivity contribution in [1.82, 2.24) is 5.32 Å². The molecule has 1 saturated carbocycles. The zero-order chi connectivity index (χ0) is 18.8. The molecular weight excluding hydrogens is 326 g/mol. The Bertz CT molecular complexity index is 529. The normalized spacial score (nSPS) is 21.0. The number of phenols is 1. The van der Waals surface area contributed by atoms with E-state index in [1.54, 1.807) is 12.1 Å². The molecule has 0 aromatic heterocycles. The van der Waals surface area contributed by atoms with E-state index in [9.17, 15) is 9.90 Å². The zero-order valence-electron chi connectivity index (χ0n) is 16.1. The van der Waals surface area contributed by atoms with Gasteiger partial charge in [-0.05, 0) is 68.7 Å².